The summed E-state index contributed by atoms with van der Waals surface area (Å²) in [6, 6.07) is 9.98. The first-order valence-corrected chi connectivity index (χ1v) is 13.7. The van der Waals surface area contributed by atoms with Crippen molar-refractivity contribution in [2.24, 2.45) is 5.41 Å². The summed E-state index contributed by atoms with van der Waals surface area (Å²) in [5, 5.41) is 3.59. The van der Waals surface area contributed by atoms with Crippen molar-refractivity contribution < 1.29 is 13.2 Å². The number of hydrogen-bond donors (Lipinski definition) is 1. The number of amides is 1. The van der Waals surface area contributed by atoms with Gasteiger partial charge in [-0.15, -0.1) is 11.3 Å². The number of aryl methyl sites for hydroxylation is 1. The second-order valence-electron chi connectivity index (χ2n) is 9.87. The summed E-state index contributed by atoms with van der Waals surface area (Å²) in [4.78, 5) is 20.5. The average molecular weight is 477 g/mol. The number of carbonyl (C=O) groups is 1. The van der Waals surface area contributed by atoms with E-state index in [1.807, 2.05) is 51.1 Å². The molecule has 2 fully saturated rings. The normalized spacial score (nSPS) is 21.1. The Kier molecular flexibility index (Phi) is 6.21. The van der Waals surface area contributed by atoms with Crippen molar-refractivity contribution in [3.63, 3.8) is 0 Å². The first-order chi connectivity index (χ1) is 15.0. The van der Waals surface area contributed by atoms with Crippen LogP contribution in [-0.4, -0.2) is 66.5 Å². The Morgan fingerprint density at radius 3 is 2.44 bits per heavy atom. The standard InChI is InChI=1S/C23H32N4O3S2/c1-17-20(18-8-6-5-7-9-18)25-21(31-17)24-19(28)14-26-12-10-23(11-13-26)15-22(2,3)27(16-23)32(4,29)30/h5-9H,10-16H2,1-4H3,(H,24,25,28). The Morgan fingerprint density at radius 1 is 1.19 bits per heavy atom. The molecule has 32 heavy (non-hydrogen) atoms. The number of nitrogens with zero attached hydrogens (tertiary/aromatic N) is 3. The van der Waals surface area contributed by atoms with Gasteiger partial charge >= 0.3 is 0 Å². The zero-order chi connectivity index (χ0) is 23.1. The van der Waals surface area contributed by atoms with Crippen LogP contribution in [0.1, 0.15) is 38.0 Å². The maximum Gasteiger partial charge on any atom is 0.240 e. The van der Waals surface area contributed by atoms with E-state index in [1.54, 1.807) is 4.31 Å². The molecule has 4 rings (SSSR count). The second kappa shape index (κ2) is 8.52. The van der Waals surface area contributed by atoms with Crippen LogP contribution in [0.5, 0.6) is 0 Å². The van der Waals surface area contributed by atoms with Crippen molar-refractivity contribution in [3.05, 3.63) is 35.2 Å². The lowest BCUT2D eigenvalue weighted by molar-refractivity contribution is -0.117. The molecule has 1 spiro atoms. The molecule has 0 radical (unpaired) electrons. The molecular formula is C23H32N4O3S2. The van der Waals surface area contributed by atoms with E-state index in [0.29, 0.717) is 18.2 Å². The van der Waals surface area contributed by atoms with Crippen LogP contribution >= 0.6 is 11.3 Å². The Bertz CT molecular complexity index is 1090. The highest BCUT2D eigenvalue weighted by Gasteiger charge is 2.52. The molecule has 0 unspecified atom stereocenters. The molecule has 0 atom stereocenters. The van der Waals surface area contributed by atoms with Gasteiger partial charge in [-0.3, -0.25) is 9.69 Å². The van der Waals surface area contributed by atoms with Crippen molar-refractivity contribution in [2.45, 2.75) is 45.6 Å². The number of sulfonamides is 1. The van der Waals surface area contributed by atoms with Crippen LogP contribution in [0.25, 0.3) is 11.3 Å². The Labute approximate surface area is 194 Å². The molecule has 3 heterocycles. The van der Waals surface area contributed by atoms with Crippen LogP contribution in [0.3, 0.4) is 0 Å². The average Bonchev–Trinajstić information content (AvgIpc) is 3.20. The minimum absolute atomic E-state index is 0.0105. The molecule has 0 aliphatic carbocycles. The maximum atomic E-state index is 12.7. The minimum atomic E-state index is -3.22. The molecule has 174 valence electrons. The predicted molar refractivity (Wildman–Crippen MR) is 129 cm³/mol. The molecule has 1 aromatic carbocycles. The van der Waals surface area contributed by atoms with Gasteiger partial charge in [0.25, 0.3) is 0 Å². The number of nitrogens with one attached hydrogen (secondary N) is 1. The van der Waals surface area contributed by atoms with E-state index in [1.165, 1.54) is 17.6 Å². The number of hydrogen-bond acceptors (Lipinski definition) is 6. The van der Waals surface area contributed by atoms with E-state index >= 15 is 0 Å². The Balaban J connectivity index is 1.33. The van der Waals surface area contributed by atoms with Crippen LogP contribution in [0, 0.1) is 12.3 Å². The highest BCUT2D eigenvalue weighted by atomic mass is 32.2. The predicted octanol–water partition coefficient (Wildman–Crippen LogP) is 3.58. The van der Waals surface area contributed by atoms with E-state index in [0.717, 1.165) is 48.5 Å². The number of rotatable bonds is 5. The molecule has 1 amide bonds. The topological polar surface area (TPSA) is 82.6 Å². The van der Waals surface area contributed by atoms with Gasteiger partial charge in [-0.2, -0.15) is 4.31 Å². The van der Waals surface area contributed by atoms with Gasteiger partial charge in [0.05, 0.1) is 18.5 Å². The van der Waals surface area contributed by atoms with Gasteiger partial charge in [0.1, 0.15) is 0 Å². The van der Waals surface area contributed by atoms with E-state index in [9.17, 15) is 13.2 Å². The smallest absolute Gasteiger partial charge is 0.240 e. The van der Waals surface area contributed by atoms with Crippen molar-refractivity contribution >= 4 is 32.4 Å². The molecular weight excluding hydrogens is 444 g/mol. The molecule has 0 bridgehead atoms. The lowest BCUT2D eigenvalue weighted by Gasteiger charge is -2.39. The number of benzene rings is 1. The molecule has 7 nitrogen and oxygen atoms in total. The highest BCUT2D eigenvalue weighted by Crippen LogP contribution is 2.48. The van der Waals surface area contributed by atoms with Crippen LogP contribution < -0.4 is 5.32 Å². The number of likely N-dealkylation sites (tertiary alicyclic amines) is 1. The van der Waals surface area contributed by atoms with Crippen molar-refractivity contribution in [1.82, 2.24) is 14.2 Å². The number of aromatic nitrogens is 1. The summed E-state index contributed by atoms with van der Waals surface area (Å²) in [7, 11) is -3.22. The zero-order valence-electron chi connectivity index (χ0n) is 19.2. The van der Waals surface area contributed by atoms with E-state index in [-0.39, 0.29) is 16.9 Å². The molecule has 9 heteroatoms. The molecule has 1 N–H and O–H groups in total. The van der Waals surface area contributed by atoms with E-state index < -0.39 is 10.0 Å². The third-order valence-electron chi connectivity index (χ3n) is 6.74. The van der Waals surface area contributed by atoms with Crippen molar-refractivity contribution in [1.29, 1.82) is 0 Å². The monoisotopic (exact) mass is 476 g/mol. The van der Waals surface area contributed by atoms with Gasteiger partial charge in [0.2, 0.25) is 15.9 Å². The second-order valence-corrected chi connectivity index (χ2v) is 13.0. The molecule has 2 saturated heterocycles. The van der Waals surface area contributed by atoms with Gasteiger partial charge in [-0.1, -0.05) is 30.3 Å². The number of piperidine rings is 1. The summed E-state index contributed by atoms with van der Waals surface area (Å²) in [6.45, 7) is 8.56. The fourth-order valence-electron chi connectivity index (χ4n) is 5.34. The number of carbonyl (C=O) groups excluding carboxylic acids is 1. The van der Waals surface area contributed by atoms with Crippen LogP contribution in [0.2, 0.25) is 0 Å². The fourth-order valence-corrected chi connectivity index (χ4v) is 7.67. The van der Waals surface area contributed by atoms with E-state index in [4.69, 9.17) is 0 Å². The van der Waals surface area contributed by atoms with Gasteiger partial charge in [0, 0.05) is 22.5 Å². The third-order valence-corrected chi connectivity index (χ3v) is 9.05. The molecule has 2 aliphatic heterocycles. The summed E-state index contributed by atoms with van der Waals surface area (Å²) in [5.41, 5.74) is 1.61. The van der Waals surface area contributed by atoms with Gasteiger partial charge in [0.15, 0.2) is 5.13 Å². The quantitative estimate of drug-likeness (QED) is 0.713. The van der Waals surface area contributed by atoms with Crippen LogP contribution in [0.15, 0.2) is 30.3 Å². The van der Waals surface area contributed by atoms with Gasteiger partial charge in [-0.05, 0) is 58.5 Å². The first-order valence-electron chi connectivity index (χ1n) is 11.0. The first kappa shape index (κ1) is 23.4. The highest BCUT2D eigenvalue weighted by molar-refractivity contribution is 7.88. The largest absolute Gasteiger partial charge is 0.301 e. The maximum absolute atomic E-state index is 12.7. The Morgan fingerprint density at radius 2 is 1.84 bits per heavy atom. The SMILES string of the molecule is Cc1sc(NC(=O)CN2CCC3(CC2)CN(S(C)(=O)=O)C(C)(C)C3)nc1-c1ccccc1. The van der Waals surface area contributed by atoms with Crippen molar-refractivity contribution in [3.8, 4) is 11.3 Å². The Hall–Kier alpha value is -1.81. The van der Waals surface area contributed by atoms with Crippen molar-refractivity contribution in [2.75, 3.05) is 37.8 Å². The summed E-state index contributed by atoms with van der Waals surface area (Å²) >= 11 is 1.49. The van der Waals surface area contributed by atoms with Crippen LogP contribution in [-0.2, 0) is 14.8 Å². The van der Waals surface area contributed by atoms with Crippen LogP contribution in [0.4, 0.5) is 5.13 Å². The minimum Gasteiger partial charge on any atom is -0.301 e. The van der Waals surface area contributed by atoms with Gasteiger partial charge < -0.3 is 5.32 Å². The lowest BCUT2D eigenvalue weighted by atomic mass is 9.74. The molecule has 2 aromatic rings. The van der Waals surface area contributed by atoms with Gasteiger partial charge in [-0.25, -0.2) is 13.4 Å². The zero-order valence-corrected chi connectivity index (χ0v) is 20.9. The molecule has 1 aromatic heterocycles. The fraction of sp³-hybridized carbons (Fsp3) is 0.565. The third kappa shape index (κ3) is 4.90. The van der Waals surface area contributed by atoms with E-state index in [2.05, 4.69) is 15.2 Å². The lowest BCUT2D eigenvalue weighted by Crippen LogP contribution is -2.45. The molecule has 0 saturated carbocycles. The molecule has 2 aliphatic rings. The summed E-state index contributed by atoms with van der Waals surface area (Å²) in [5.74, 6) is -0.0566. The summed E-state index contributed by atoms with van der Waals surface area (Å²) in [6.07, 6.45) is 3.99. The summed E-state index contributed by atoms with van der Waals surface area (Å²) < 4.78 is 26.1. The number of anilines is 1. The number of thiazole rings is 1.